The van der Waals surface area contributed by atoms with Gasteiger partial charge < -0.3 is 4.74 Å². The Balaban J connectivity index is 1.60. The van der Waals surface area contributed by atoms with Crippen molar-refractivity contribution in [3.8, 4) is 5.75 Å². The van der Waals surface area contributed by atoms with E-state index in [2.05, 4.69) is 22.4 Å². The number of amides is 2. The Morgan fingerprint density at radius 3 is 3.00 bits per heavy atom. The number of nitrogens with one attached hydrogen (secondary N) is 1. The minimum Gasteiger partial charge on any atom is -0.482 e. The van der Waals surface area contributed by atoms with E-state index in [0.717, 1.165) is 30.7 Å². The normalized spacial score (nSPS) is 13.3. The van der Waals surface area contributed by atoms with Crippen molar-refractivity contribution in [2.24, 2.45) is 0 Å². The summed E-state index contributed by atoms with van der Waals surface area (Å²) in [5.74, 6) is 0.0525. The van der Waals surface area contributed by atoms with Crippen molar-refractivity contribution in [3.63, 3.8) is 0 Å². The third-order valence-electron chi connectivity index (χ3n) is 3.82. The molecule has 132 valence electrons. The molecule has 0 spiro atoms. The number of ether oxygens (including phenoxy) is 1. The third-order valence-corrected chi connectivity index (χ3v) is 4.72. The number of hydrogen-bond donors (Lipinski definition) is 1. The van der Waals surface area contributed by atoms with Gasteiger partial charge in [0.25, 0.3) is 5.91 Å². The Kier molecular flexibility index (Phi) is 5.60. The topological polar surface area (TPSA) is 84.4 Å². The summed E-state index contributed by atoms with van der Waals surface area (Å²) < 4.78 is 5.37. The maximum Gasteiger partial charge on any atom is 0.265 e. The van der Waals surface area contributed by atoms with Crippen molar-refractivity contribution in [2.75, 3.05) is 23.4 Å². The minimum absolute atomic E-state index is 0.0648. The number of benzene rings is 1. The molecule has 1 aromatic carbocycles. The van der Waals surface area contributed by atoms with Gasteiger partial charge in [-0.25, -0.2) is 0 Å². The van der Waals surface area contributed by atoms with Crippen LogP contribution in [-0.2, 0) is 16.0 Å². The summed E-state index contributed by atoms with van der Waals surface area (Å²) in [6.45, 7) is 2.01. The fourth-order valence-electron chi connectivity index (χ4n) is 2.56. The molecule has 1 N–H and O–H groups in total. The average Bonchev–Trinajstić information content (AvgIpc) is 3.05. The molecule has 25 heavy (non-hydrogen) atoms. The molecular weight excluding hydrogens is 340 g/mol. The van der Waals surface area contributed by atoms with Crippen LogP contribution >= 0.6 is 11.3 Å². The zero-order valence-corrected chi connectivity index (χ0v) is 14.8. The molecule has 0 unspecified atom stereocenters. The molecule has 0 bridgehead atoms. The number of hydrogen-bond acceptors (Lipinski definition) is 6. The molecule has 0 atom stereocenters. The number of unbranched alkanes of at least 4 members (excludes halogenated alkanes) is 2. The van der Waals surface area contributed by atoms with Crippen molar-refractivity contribution in [1.82, 2.24) is 10.2 Å². The van der Waals surface area contributed by atoms with E-state index in [1.807, 2.05) is 6.07 Å². The molecule has 0 aliphatic carbocycles. The second-order valence-corrected chi connectivity index (χ2v) is 6.80. The molecule has 2 heterocycles. The Hall–Kier alpha value is -2.48. The van der Waals surface area contributed by atoms with Crippen molar-refractivity contribution in [3.05, 3.63) is 29.3 Å². The van der Waals surface area contributed by atoms with Gasteiger partial charge >= 0.3 is 0 Å². The first-order chi connectivity index (χ1) is 12.2. The van der Waals surface area contributed by atoms with Crippen LogP contribution in [0.1, 0.15) is 31.2 Å². The van der Waals surface area contributed by atoms with Gasteiger partial charge in [0.1, 0.15) is 17.3 Å². The molecule has 8 heteroatoms. The molecule has 1 aliphatic heterocycles. The zero-order valence-electron chi connectivity index (χ0n) is 14.0. The predicted octanol–water partition coefficient (Wildman–Crippen LogP) is 2.63. The van der Waals surface area contributed by atoms with Crippen LogP contribution in [-0.4, -0.2) is 35.2 Å². The molecule has 0 fully saturated rings. The number of carbonyl (C=O) groups excluding carboxylic acids is 2. The van der Waals surface area contributed by atoms with Crippen molar-refractivity contribution in [1.29, 1.82) is 0 Å². The summed E-state index contributed by atoms with van der Waals surface area (Å²) in [7, 11) is 0. The van der Waals surface area contributed by atoms with Crippen LogP contribution in [0.2, 0.25) is 0 Å². The number of rotatable bonds is 7. The van der Waals surface area contributed by atoms with Gasteiger partial charge in [-0.1, -0.05) is 43.2 Å². The fraction of sp³-hybridized carbons (Fsp3) is 0.412. The molecule has 3 rings (SSSR count). The van der Waals surface area contributed by atoms with E-state index in [-0.39, 0.29) is 25.0 Å². The largest absolute Gasteiger partial charge is 0.482 e. The fourth-order valence-corrected chi connectivity index (χ4v) is 3.36. The number of aromatic nitrogens is 2. The lowest BCUT2D eigenvalue weighted by Gasteiger charge is -2.28. The van der Waals surface area contributed by atoms with E-state index in [9.17, 15) is 9.59 Å². The second-order valence-electron chi connectivity index (χ2n) is 5.74. The van der Waals surface area contributed by atoms with Crippen LogP contribution in [0, 0.1) is 0 Å². The van der Waals surface area contributed by atoms with Crippen LogP contribution in [0.5, 0.6) is 5.75 Å². The second kappa shape index (κ2) is 8.06. The highest BCUT2D eigenvalue weighted by molar-refractivity contribution is 7.15. The molecule has 1 aromatic heterocycles. The molecule has 1 aliphatic rings. The lowest BCUT2D eigenvalue weighted by atomic mass is 10.2. The number of carbonyl (C=O) groups is 2. The van der Waals surface area contributed by atoms with Gasteiger partial charge in [-0.05, 0) is 18.6 Å². The third kappa shape index (κ3) is 4.33. The Bertz CT molecular complexity index is 762. The number of aryl methyl sites for hydroxylation is 1. The Labute approximate surface area is 150 Å². The standard InChI is InChI=1S/C17H20N4O3S/c1-2-3-4-9-15-19-20-17(25-15)18-14(22)10-21-12-7-5-6-8-13(12)24-11-16(21)23/h5-8H,2-4,9-11H2,1H3,(H,18,20,22). The summed E-state index contributed by atoms with van der Waals surface area (Å²) in [4.78, 5) is 25.8. The lowest BCUT2D eigenvalue weighted by molar-refractivity contribution is -0.123. The molecule has 0 saturated heterocycles. The highest BCUT2D eigenvalue weighted by Crippen LogP contribution is 2.31. The quantitative estimate of drug-likeness (QED) is 0.767. The molecule has 7 nitrogen and oxygen atoms in total. The van der Waals surface area contributed by atoms with Gasteiger partial charge in [0, 0.05) is 6.42 Å². The van der Waals surface area contributed by atoms with Crippen molar-refractivity contribution in [2.45, 2.75) is 32.6 Å². The molecule has 2 aromatic rings. The Morgan fingerprint density at radius 2 is 2.16 bits per heavy atom. The monoisotopic (exact) mass is 360 g/mol. The minimum atomic E-state index is -0.304. The maximum absolute atomic E-state index is 12.3. The highest BCUT2D eigenvalue weighted by Gasteiger charge is 2.27. The highest BCUT2D eigenvalue weighted by atomic mass is 32.1. The van der Waals surface area contributed by atoms with E-state index >= 15 is 0 Å². The first-order valence-corrected chi connectivity index (χ1v) is 9.13. The van der Waals surface area contributed by atoms with Gasteiger partial charge in [0.15, 0.2) is 6.61 Å². The van der Waals surface area contributed by atoms with E-state index in [4.69, 9.17) is 4.74 Å². The van der Waals surface area contributed by atoms with Crippen LogP contribution in [0.25, 0.3) is 0 Å². The first kappa shape index (κ1) is 17.3. The molecule has 2 amide bonds. The van der Waals surface area contributed by atoms with E-state index < -0.39 is 0 Å². The van der Waals surface area contributed by atoms with Crippen LogP contribution in [0.15, 0.2) is 24.3 Å². The zero-order chi connectivity index (χ0) is 17.6. The van der Waals surface area contributed by atoms with Crippen LogP contribution in [0.3, 0.4) is 0 Å². The van der Waals surface area contributed by atoms with Crippen LogP contribution < -0.4 is 15.0 Å². The molecular formula is C17H20N4O3S. The smallest absolute Gasteiger partial charge is 0.265 e. The Morgan fingerprint density at radius 1 is 1.32 bits per heavy atom. The van der Waals surface area contributed by atoms with E-state index in [0.29, 0.717) is 16.6 Å². The summed E-state index contributed by atoms with van der Waals surface area (Å²) in [6.07, 6.45) is 4.24. The summed E-state index contributed by atoms with van der Waals surface area (Å²) in [5.41, 5.74) is 0.603. The van der Waals surface area contributed by atoms with Crippen molar-refractivity contribution >= 4 is 34.0 Å². The van der Waals surface area contributed by atoms with Crippen LogP contribution in [0.4, 0.5) is 10.8 Å². The van der Waals surface area contributed by atoms with E-state index in [1.165, 1.54) is 16.2 Å². The van der Waals surface area contributed by atoms with Gasteiger partial charge in [-0.3, -0.25) is 19.8 Å². The van der Waals surface area contributed by atoms with E-state index in [1.54, 1.807) is 18.2 Å². The van der Waals surface area contributed by atoms with Gasteiger partial charge in [-0.2, -0.15) is 0 Å². The van der Waals surface area contributed by atoms with Gasteiger partial charge in [0.05, 0.1) is 5.69 Å². The summed E-state index contributed by atoms with van der Waals surface area (Å²) >= 11 is 1.38. The number of nitrogens with zero attached hydrogens (tertiary/aromatic N) is 3. The number of para-hydroxylation sites is 2. The first-order valence-electron chi connectivity index (χ1n) is 8.32. The van der Waals surface area contributed by atoms with Gasteiger partial charge in [-0.15, -0.1) is 10.2 Å². The van der Waals surface area contributed by atoms with Crippen molar-refractivity contribution < 1.29 is 14.3 Å². The molecule has 0 saturated carbocycles. The molecule has 0 radical (unpaired) electrons. The number of fused-ring (bicyclic) bond motifs is 1. The summed E-state index contributed by atoms with van der Waals surface area (Å²) in [5, 5.41) is 12.2. The predicted molar refractivity (Wildman–Crippen MR) is 96.1 cm³/mol. The average molecular weight is 360 g/mol. The van der Waals surface area contributed by atoms with Gasteiger partial charge in [0.2, 0.25) is 11.0 Å². The SMILES string of the molecule is CCCCCc1nnc(NC(=O)CN2C(=O)COc3ccccc32)s1. The number of anilines is 2. The lowest BCUT2D eigenvalue weighted by Crippen LogP contribution is -2.43. The summed E-state index contributed by atoms with van der Waals surface area (Å²) in [6, 6.07) is 7.17. The maximum atomic E-state index is 12.3.